The summed E-state index contributed by atoms with van der Waals surface area (Å²) in [6.45, 7) is 0.728. The van der Waals surface area contributed by atoms with Crippen LogP contribution in [0.4, 0.5) is 13.6 Å². The smallest absolute Gasteiger partial charge is 0.407 e. The molecule has 1 amide bonds. The van der Waals surface area contributed by atoms with E-state index >= 15 is 0 Å². The first-order chi connectivity index (χ1) is 11.1. The Hall–Kier alpha value is -1.69. The summed E-state index contributed by atoms with van der Waals surface area (Å²) in [5, 5.41) is 5.76. The molecule has 4 atom stereocenters. The number of carbonyl (C=O) groups excluding carboxylic acids is 1. The molecule has 1 saturated carbocycles. The molecule has 1 aromatic rings. The molecule has 0 unspecified atom stereocenters. The van der Waals surface area contributed by atoms with Crippen molar-refractivity contribution < 1.29 is 18.3 Å². The number of alkyl carbamates (subject to hydrolysis) is 1. The minimum Gasteiger partial charge on any atom is -0.445 e. The molecular formula is C17H24F2N2O2. The van der Waals surface area contributed by atoms with E-state index in [0.29, 0.717) is 13.0 Å². The maximum atomic E-state index is 13.3. The predicted molar refractivity (Wildman–Crippen MR) is 84.6 cm³/mol. The molecule has 2 rings (SSSR count). The van der Waals surface area contributed by atoms with E-state index in [9.17, 15) is 13.6 Å². The van der Waals surface area contributed by atoms with Crippen LogP contribution in [-0.2, 0) is 11.3 Å². The number of hydrogen-bond donors (Lipinski definition) is 2. The summed E-state index contributed by atoms with van der Waals surface area (Å²) in [5.41, 5.74) is 0.907. The number of nitrogens with one attached hydrogen (secondary N) is 2. The standard InChI is InChI=1S/C17H24F2N2O2/c1-20-10-14(7-13-8-15(18)16(19)9-13)21-17(22)23-11-12-5-3-2-4-6-12/h2-6,13-16,20H,7-11H2,1H3,(H,21,22)/t13-,14-,15+,16-/m0/s1. The second-order valence-electron chi connectivity index (χ2n) is 6.07. The molecule has 1 aliphatic rings. The monoisotopic (exact) mass is 326 g/mol. The van der Waals surface area contributed by atoms with Crippen molar-refractivity contribution in [1.82, 2.24) is 10.6 Å². The quantitative estimate of drug-likeness (QED) is 0.810. The van der Waals surface area contributed by atoms with Crippen molar-refractivity contribution in [3.05, 3.63) is 35.9 Å². The minimum absolute atomic E-state index is 0.0484. The summed E-state index contributed by atoms with van der Waals surface area (Å²) >= 11 is 0. The predicted octanol–water partition coefficient (Wildman–Crippen LogP) is 2.98. The highest BCUT2D eigenvalue weighted by atomic mass is 19.2. The Morgan fingerprint density at radius 3 is 2.52 bits per heavy atom. The third-order valence-electron chi connectivity index (χ3n) is 4.11. The van der Waals surface area contributed by atoms with Crippen molar-refractivity contribution in [3.8, 4) is 0 Å². The first kappa shape index (κ1) is 17.7. The van der Waals surface area contributed by atoms with Gasteiger partial charge in [0.05, 0.1) is 0 Å². The van der Waals surface area contributed by atoms with Gasteiger partial charge in [-0.05, 0) is 37.8 Å². The highest BCUT2D eigenvalue weighted by Gasteiger charge is 2.35. The van der Waals surface area contributed by atoms with Gasteiger partial charge in [0.15, 0.2) is 0 Å². The highest BCUT2D eigenvalue weighted by Crippen LogP contribution is 2.33. The SMILES string of the molecule is CNC[C@H](C[C@H]1C[C@@H](F)[C@@H](F)C1)NC(=O)OCc1ccccc1. The van der Waals surface area contributed by atoms with Crippen LogP contribution in [0.15, 0.2) is 30.3 Å². The van der Waals surface area contributed by atoms with Crippen molar-refractivity contribution in [1.29, 1.82) is 0 Å². The normalized spacial score (nSPS) is 25.1. The molecule has 6 heteroatoms. The summed E-state index contributed by atoms with van der Waals surface area (Å²) in [6, 6.07) is 9.19. The van der Waals surface area contributed by atoms with Gasteiger partial charge in [-0.1, -0.05) is 30.3 Å². The van der Waals surface area contributed by atoms with E-state index in [1.54, 1.807) is 7.05 Å². The fraction of sp³-hybridized carbons (Fsp3) is 0.588. The Morgan fingerprint density at radius 1 is 1.26 bits per heavy atom. The van der Waals surface area contributed by atoms with Gasteiger partial charge in [0.1, 0.15) is 19.0 Å². The molecule has 2 N–H and O–H groups in total. The summed E-state index contributed by atoms with van der Waals surface area (Å²) in [7, 11) is 1.77. The molecule has 1 aliphatic carbocycles. The molecule has 0 bridgehead atoms. The van der Waals surface area contributed by atoms with Gasteiger partial charge in [0.25, 0.3) is 0 Å². The van der Waals surface area contributed by atoms with Crippen LogP contribution < -0.4 is 10.6 Å². The third-order valence-corrected chi connectivity index (χ3v) is 4.11. The van der Waals surface area contributed by atoms with Crippen LogP contribution in [-0.4, -0.2) is 38.1 Å². The van der Waals surface area contributed by atoms with E-state index in [1.807, 2.05) is 30.3 Å². The molecule has 1 aromatic carbocycles. The lowest BCUT2D eigenvalue weighted by atomic mass is 9.98. The van der Waals surface area contributed by atoms with Crippen LogP contribution in [0.5, 0.6) is 0 Å². The zero-order valence-corrected chi connectivity index (χ0v) is 13.3. The van der Waals surface area contributed by atoms with E-state index in [4.69, 9.17) is 4.74 Å². The average Bonchev–Trinajstić information content (AvgIpc) is 2.84. The largest absolute Gasteiger partial charge is 0.445 e. The first-order valence-electron chi connectivity index (χ1n) is 7.98. The summed E-state index contributed by atoms with van der Waals surface area (Å²) in [6.07, 6.45) is -2.27. The Bertz CT molecular complexity index is 477. The second kappa shape index (κ2) is 8.82. The van der Waals surface area contributed by atoms with Gasteiger partial charge in [0.2, 0.25) is 0 Å². The van der Waals surface area contributed by atoms with Gasteiger partial charge < -0.3 is 15.4 Å². The zero-order valence-electron chi connectivity index (χ0n) is 13.3. The van der Waals surface area contributed by atoms with Crippen molar-refractivity contribution in [2.75, 3.05) is 13.6 Å². The topological polar surface area (TPSA) is 50.4 Å². The van der Waals surface area contributed by atoms with Crippen LogP contribution in [0.3, 0.4) is 0 Å². The molecule has 23 heavy (non-hydrogen) atoms. The van der Waals surface area contributed by atoms with Gasteiger partial charge in [-0.2, -0.15) is 0 Å². The van der Waals surface area contributed by atoms with E-state index < -0.39 is 18.4 Å². The molecule has 0 spiro atoms. The summed E-state index contributed by atoms with van der Waals surface area (Å²) in [5.74, 6) is -0.0484. The Balaban J connectivity index is 1.78. The van der Waals surface area contributed by atoms with Crippen LogP contribution >= 0.6 is 0 Å². The summed E-state index contributed by atoms with van der Waals surface area (Å²) in [4.78, 5) is 11.9. The van der Waals surface area contributed by atoms with E-state index in [2.05, 4.69) is 10.6 Å². The molecule has 0 heterocycles. The average molecular weight is 326 g/mol. The van der Waals surface area contributed by atoms with Crippen LogP contribution in [0.2, 0.25) is 0 Å². The number of alkyl halides is 2. The number of ether oxygens (including phenoxy) is 1. The molecule has 0 aromatic heterocycles. The van der Waals surface area contributed by atoms with Crippen molar-refractivity contribution in [2.24, 2.45) is 5.92 Å². The van der Waals surface area contributed by atoms with Crippen LogP contribution in [0, 0.1) is 5.92 Å². The lowest BCUT2D eigenvalue weighted by molar-refractivity contribution is 0.133. The van der Waals surface area contributed by atoms with Gasteiger partial charge in [-0.3, -0.25) is 0 Å². The fourth-order valence-corrected chi connectivity index (χ4v) is 2.99. The molecule has 1 fully saturated rings. The molecule has 0 aliphatic heterocycles. The van der Waals surface area contributed by atoms with Gasteiger partial charge in [-0.15, -0.1) is 0 Å². The number of carbonyl (C=O) groups is 1. The first-order valence-corrected chi connectivity index (χ1v) is 7.98. The number of hydrogen-bond acceptors (Lipinski definition) is 3. The second-order valence-corrected chi connectivity index (χ2v) is 6.07. The van der Waals surface area contributed by atoms with E-state index in [1.165, 1.54) is 0 Å². The highest BCUT2D eigenvalue weighted by molar-refractivity contribution is 5.67. The van der Waals surface area contributed by atoms with E-state index in [0.717, 1.165) is 5.56 Å². The van der Waals surface area contributed by atoms with Crippen molar-refractivity contribution in [3.63, 3.8) is 0 Å². The van der Waals surface area contributed by atoms with Crippen LogP contribution in [0.25, 0.3) is 0 Å². The van der Waals surface area contributed by atoms with Crippen molar-refractivity contribution in [2.45, 2.75) is 44.3 Å². The van der Waals surface area contributed by atoms with Gasteiger partial charge >= 0.3 is 6.09 Å². The third kappa shape index (κ3) is 5.78. The Kier molecular flexibility index (Phi) is 6.77. The Morgan fingerprint density at radius 2 is 1.91 bits per heavy atom. The fourth-order valence-electron chi connectivity index (χ4n) is 2.99. The molecule has 0 radical (unpaired) electrons. The molecule has 0 saturated heterocycles. The summed E-state index contributed by atoms with van der Waals surface area (Å²) < 4.78 is 31.7. The number of amides is 1. The number of likely N-dealkylation sites (N-methyl/N-ethyl adjacent to an activating group) is 1. The number of rotatable bonds is 7. The maximum Gasteiger partial charge on any atom is 0.407 e. The number of halogens is 2. The molecular weight excluding hydrogens is 302 g/mol. The maximum absolute atomic E-state index is 13.3. The van der Waals surface area contributed by atoms with Crippen molar-refractivity contribution >= 4 is 6.09 Å². The van der Waals surface area contributed by atoms with E-state index in [-0.39, 0.29) is 31.4 Å². The van der Waals surface area contributed by atoms with Gasteiger partial charge in [0, 0.05) is 12.6 Å². The lowest BCUT2D eigenvalue weighted by Crippen LogP contribution is -2.42. The minimum atomic E-state index is -1.37. The molecule has 4 nitrogen and oxygen atoms in total. The van der Waals surface area contributed by atoms with Gasteiger partial charge in [-0.25, -0.2) is 13.6 Å². The zero-order chi connectivity index (χ0) is 16.7. The lowest BCUT2D eigenvalue weighted by Gasteiger charge is -2.21. The molecule has 128 valence electrons. The van der Waals surface area contributed by atoms with Crippen LogP contribution in [0.1, 0.15) is 24.8 Å². The Labute approximate surface area is 135 Å². The number of benzene rings is 1.